The summed E-state index contributed by atoms with van der Waals surface area (Å²) < 4.78 is 0.492. The van der Waals surface area contributed by atoms with Crippen LogP contribution < -0.4 is 0 Å². The molecule has 47 heavy (non-hydrogen) atoms. The fourth-order valence-corrected chi connectivity index (χ4v) is 11.9. The van der Waals surface area contributed by atoms with Gasteiger partial charge < -0.3 is 0 Å². The molecule has 6 heteroatoms. The van der Waals surface area contributed by atoms with E-state index in [1.807, 2.05) is 0 Å². The normalized spacial score (nSPS) is 15.4. The Balaban J connectivity index is 6.35. The van der Waals surface area contributed by atoms with Gasteiger partial charge in [0.1, 0.15) is 0 Å². The Hall–Kier alpha value is 0.930. The minimum Gasteiger partial charge on any atom is -0.284 e. The van der Waals surface area contributed by atoms with Crippen molar-refractivity contribution in [1.82, 2.24) is 14.7 Å². The Labute approximate surface area is 311 Å². The lowest BCUT2D eigenvalue weighted by Crippen LogP contribution is -2.59. The molecule has 284 valence electrons. The number of rotatable bonds is 22. The van der Waals surface area contributed by atoms with Crippen LogP contribution in [-0.4, -0.2) is 79.8 Å². The second kappa shape index (κ2) is 17.2. The highest BCUT2D eigenvalue weighted by atomic mass is 32.2. The molecule has 0 aliphatic carbocycles. The molecule has 0 aliphatic rings. The van der Waals surface area contributed by atoms with Crippen LogP contribution >= 0.6 is 35.3 Å². The van der Waals surface area contributed by atoms with Crippen molar-refractivity contribution in [1.29, 1.82) is 0 Å². The van der Waals surface area contributed by atoms with Crippen molar-refractivity contribution >= 4 is 35.3 Å². The predicted molar refractivity (Wildman–Crippen MR) is 226 cm³/mol. The average Bonchev–Trinajstić information content (AvgIpc) is 2.85. The summed E-state index contributed by atoms with van der Waals surface area (Å²) in [5.41, 5.74) is 0.760. The topological polar surface area (TPSA) is 9.72 Å². The molecule has 0 amide bonds. The van der Waals surface area contributed by atoms with E-state index in [2.05, 4.69) is 209 Å². The van der Waals surface area contributed by atoms with Crippen molar-refractivity contribution in [3.05, 3.63) is 0 Å². The van der Waals surface area contributed by atoms with Crippen LogP contribution in [0.2, 0.25) is 0 Å². The van der Waals surface area contributed by atoms with Gasteiger partial charge in [0.25, 0.3) is 0 Å². The lowest BCUT2D eigenvalue weighted by molar-refractivity contribution is 0.0160. The molecule has 0 aromatic carbocycles. The molecule has 0 atom stereocenters. The first-order chi connectivity index (χ1) is 20.7. The highest BCUT2D eigenvalue weighted by Crippen LogP contribution is 2.46. The zero-order valence-corrected chi connectivity index (χ0v) is 38.9. The fourth-order valence-electron chi connectivity index (χ4n) is 7.38. The van der Waals surface area contributed by atoms with Crippen molar-refractivity contribution in [3.63, 3.8) is 0 Å². The van der Waals surface area contributed by atoms with Crippen LogP contribution in [0.5, 0.6) is 0 Å². The van der Waals surface area contributed by atoms with Gasteiger partial charge >= 0.3 is 0 Å². The minimum atomic E-state index is 0.0326. The molecule has 0 unspecified atom stereocenters. The van der Waals surface area contributed by atoms with Crippen LogP contribution in [-0.2, 0) is 0 Å². The highest BCUT2D eigenvalue weighted by molar-refractivity contribution is 8.01. The summed E-state index contributed by atoms with van der Waals surface area (Å²) in [5.74, 6) is 3.17. The molecule has 0 spiro atoms. The third-order valence-electron chi connectivity index (χ3n) is 11.4. The third kappa shape index (κ3) is 15.2. The Kier molecular flexibility index (Phi) is 17.5. The maximum absolute atomic E-state index is 2.88. The number of nitrogens with zero attached hydrogens (tertiary/aromatic N) is 3. The molecular weight excluding hydrogens is 631 g/mol. The van der Waals surface area contributed by atoms with Crippen molar-refractivity contribution in [2.24, 2.45) is 0 Å². The molecule has 0 N–H and O–H groups in total. The van der Waals surface area contributed by atoms with Gasteiger partial charge in [0, 0.05) is 65.1 Å². The van der Waals surface area contributed by atoms with E-state index in [-0.39, 0.29) is 47.5 Å². The second-order valence-electron chi connectivity index (χ2n) is 20.4. The molecule has 0 saturated heterocycles. The van der Waals surface area contributed by atoms with Gasteiger partial charge in [-0.1, -0.05) is 76.2 Å². The highest BCUT2D eigenvalue weighted by Gasteiger charge is 2.45. The lowest BCUT2D eigenvalue weighted by Gasteiger charge is -2.54. The Morgan fingerprint density at radius 2 is 0.532 bits per heavy atom. The molecule has 0 saturated carbocycles. The first kappa shape index (κ1) is 47.9. The van der Waals surface area contributed by atoms with Gasteiger partial charge in [-0.15, -0.1) is 35.3 Å². The summed E-state index contributed by atoms with van der Waals surface area (Å²) in [6, 6.07) is 0. The first-order valence-electron chi connectivity index (χ1n) is 18.9. The number of hydrogen-bond donors (Lipinski definition) is 0. The van der Waals surface area contributed by atoms with Gasteiger partial charge in [-0.2, -0.15) is 0 Å². The summed E-state index contributed by atoms with van der Waals surface area (Å²) in [5, 5.41) is 0. The van der Waals surface area contributed by atoms with Gasteiger partial charge in [0.05, 0.1) is 0 Å². The molecule has 0 heterocycles. The third-order valence-corrected chi connectivity index (χ3v) is 15.2. The molecule has 0 fully saturated rings. The summed E-state index contributed by atoms with van der Waals surface area (Å²) in [6.07, 6.45) is 6.92. The summed E-state index contributed by atoms with van der Waals surface area (Å²) in [4.78, 5) is 8.44. The van der Waals surface area contributed by atoms with Gasteiger partial charge in [0.15, 0.2) is 0 Å². The van der Waals surface area contributed by atoms with E-state index in [4.69, 9.17) is 0 Å². The van der Waals surface area contributed by atoms with Crippen LogP contribution in [0.3, 0.4) is 0 Å². The molecule has 0 aromatic rings. The smallest absolute Gasteiger partial charge is 0.0460 e. The first-order valence-corrected chi connectivity index (χ1v) is 21.9. The van der Waals surface area contributed by atoms with Gasteiger partial charge in [-0.05, 0) is 122 Å². The van der Waals surface area contributed by atoms with Crippen LogP contribution in [0.4, 0.5) is 0 Å². The molecule has 0 bridgehead atoms. The maximum atomic E-state index is 2.88. The van der Waals surface area contributed by atoms with E-state index in [1.54, 1.807) is 0 Å². The summed E-state index contributed by atoms with van der Waals surface area (Å²) >= 11 is 6.44. The van der Waals surface area contributed by atoms with Crippen LogP contribution in [0.1, 0.15) is 198 Å². The van der Waals surface area contributed by atoms with Crippen LogP contribution in [0, 0.1) is 0 Å². The lowest BCUT2D eigenvalue weighted by atomic mass is 9.83. The average molecular weight is 718 g/mol. The summed E-state index contributed by atoms with van der Waals surface area (Å²) in [6.45, 7) is 56.0. The van der Waals surface area contributed by atoms with E-state index in [1.165, 1.54) is 0 Å². The Morgan fingerprint density at radius 3 is 0.745 bits per heavy atom. The standard InChI is InChI=1S/C41H87N3S3/c1-24-34(8,9)42(35(10,11)25-2)31-46-40(20,21)28-38(16,17)44(30-45-33(5,6)7)39(18,19)29-41(22,23)47-32-43(36(12,13)26-3)37(14,15)27-4/h24-32H2,1-23H3. The molecule has 0 aromatic heterocycles. The summed E-state index contributed by atoms with van der Waals surface area (Å²) in [7, 11) is 0. The van der Waals surface area contributed by atoms with Crippen molar-refractivity contribution < 1.29 is 0 Å². The second-order valence-corrected chi connectivity index (χ2v) is 25.5. The van der Waals surface area contributed by atoms with E-state index in [9.17, 15) is 0 Å². The van der Waals surface area contributed by atoms with Crippen molar-refractivity contribution in [3.8, 4) is 0 Å². The zero-order chi connectivity index (χ0) is 37.7. The largest absolute Gasteiger partial charge is 0.284 e. The van der Waals surface area contributed by atoms with Crippen molar-refractivity contribution in [2.45, 2.75) is 245 Å². The Morgan fingerprint density at radius 1 is 0.319 bits per heavy atom. The van der Waals surface area contributed by atoms with E-state index < -0.39 is 0 Å². The van der Waals surface area contributed by atoms with Crippen LogP contribution in [0.25, 0.3) is 0 Å². The van der Waals surface area contributed by atoms with E-state index in [0.717, 1.165) is 56.2 Å². The molecule has 3 nitrogen and oxygen atoms in total. The minimum absolute atomic E-state index is 0.0326. The van der Waals surface area contributed by atoms with Crippen molar-refractivity contribution in [2.75, 3.05) is 17.6 Å². The monoisotopic (exact) mass is 718 g/mol. The fraction of sp³-hybridized carbons (Fsp3) is 1.00. The predicted octanol–water partition coefficient (Wildman–Crippen LogP) is 13.4. The molecule has 0 aliphatic heterocycles. The molecule has 0 radical (unpaired) electrons. The van der Waals surface area contributed by atoms with E-state index >= 15 is 0 Å². The quantitative estimate of drug-likeness (QED) is 0.102. The molecule has 0 rings (SSSR count). The van der Waals surface area contributed by atoms with Crippen LogP contribution in [0.15, 0.2) is 0 Å². The SMILES string of the molecule is CCC(C)(C)N(CSC(C)(C)CC(C)(C)N(CSC(C)(C)C)C(C)(C)CC(C)(C)SCN(C(C)(C)CC)C(C)(C)CC)C(C)(C)CC. The van der Waals surface area contributed by atoms with E-state index in [0.29, 0.717) is 0 Å². The number of thioether (sulfide) groups is 3. The maximum Gasteiger partial charge on any atom is 0.0460 e. The number of hydrogen-bond acceptors (Lipinski definition) is 6. The zero-order valence-electron chi connectivity index (χ0n) is 36.4. The van der Waals surface area contributed by atoms with Gasteiger partial charge in [0.2, 0.25) is 0 Å². The Bertz CT molecular complexity index is 827. The van der Waals surface area contributed by atoms with Gasteiger partial charge in [-0.3, -0.25) is 14.7 Å². The molecular formula is C41H87N3S3. The van der Waals surface area contributed by atoms with Gasteiger partial charge in [-0.25, -0.2) is 0 Å².